The predicted molar refractivity (Wildman–Crippen MR) is 117 cm³/mol. The van der Waals surface area contributed by atoms with Crippen LogP contribution < -0.4 is 0 Å². The lowest BCUT2D eigenvalue weighted by molar-refractivity contribution is 0.0618. The summed E-state index contributed by atoms with van der Waals surface area (Å²) in [5.41, 5.74) is 2.11. The first kappa shape index (κ1) is 21.4. The van der Waals surface area contributed by atoms with Gasteiger partial charge in [0.1, 0.15) is 0 Å². The van der Waals surface area contributed by atoms with Crippen molar-refractivity contribution in [1.29, 1.82) is 0 Å². The zero-order chi connectivity index (χ0) is 21.2. The quantitative estimate of drug-likeness (QED) is 0.706. The van der Waals surface area contributed by atoms with E-state index in [0.29, 0.717) is 18.0 Å². The van der Waals surface area contributed by atoms with Crippen molar-refractivity contribution >= 4 is 10.0 Å². The third kappa shape index (κ3) is 4.59. The van der Waals surface area contributed by atoms with Gasteiger partial charge in [0.2, 0.25) is 10.0 Å². The molecule has 1 unspecified atom stereocenters. The lowest BCUT2D eigenvalue weighted by Gasteiger charge is -2.38. The van der Waals surface area contributed by atoms with Crippen LogP contribution in [0.1, 0.15) is 30.4 Å². The largest absolute Gasteiger partial charge is 0.376 e. The summed E-state index contributed by atoms with van der Waals surface area (Å²) in [4.78, 5) is 6.89. The van der Waals surface area contributed by atoms with Crippen LogP contribution >= 0.6 is 0 Å². The number of rotatable bonds is 6. The molecule has 7 heteroatoms. The van der Waals surface area contributed by atoms with Gasteiger partial charge in [0.25, 0.3) is 0 Å². The van der Waals surface area contributed by atoms with Crippen LogP contribution in [-0.4, -0.2) is 62.0 Å². The van der Waals surface area contributed by atoms with E-state index < -0.39 is 10.0 Å². The van der Waals surface area contributed by atoms with Gasteiger partial charge in [-0.2, -0.15) is 4.31 Å². The van der Waals surface area contributed by atoms with Gasteiger partial charge in [0.15, 0.2) is 0 Å². The minimum Gasteiger partial charge on any atom is -0.376 e. The topological polar surface area (TPSA) is 62.7 Å². The van der Waals surface area contributed by atoms with Crippen molar-refractivity contribution in [1.82, 2.24) is 14.2 Å². The van der Waals surface area contributed by atoms with Crippen LogP contribution in [0.5, 0.6) is 0 Å². The molecule has 30 heavy (non-hydrogen) atoms. The second kappa shape index (κ2) is 8.75. The summed E-state index contributed by atoms with van der Waals surface area (Å²) in [6, 6.07) is 11.3. The van der Waals surface area contributed by atoms with Gasteiger partial charge in [0, 0.05) is 38.6 Å². The maximum Gasteiger partial charge on any atom is 0.243 e. The fourth-order valence-electron chi connectivity index (χ4n) is 4.76. The van der Waals surface area contributed by atoms with Crippen molar-refractivity contribution in [3.05, 3.63) is 59.9 Å². The van der Waals surface area contributed by atoms with E-state index in [0.717, 1.165) is 44.5 Å². The van der Waals surface area contributed by atoms with Gasteiger partial charge in [-0.15, -0.1) is 0 Å². The first-order chi connectivity index (χ1) is 14.4. The Morgan fingerprint density at radius 2 is 1.97 bits per heavy atom. The number of hydrogen-bond acceptors (Lipinski definition) is 5. The molecule has 1 spiro atoms. The molecule has 1 atom stereocenters. The predicted octanol–water partition coefficient (Wildman–Crippen LogP) is 3.08. The standard InChI is InChI=1S/C23H31N3O3S/c1-19-6-3-4-8-22(19)30(27,28)26-12-9-23(10-13-26)14-21(29-18-23)17-25(2)16-20-7-5-11-24-15-20/h3-8,11,15,21H,9-10,12-14,16-18H2,1-2H3. The highest BCUT2D eigenvalue weighted by atomic mass is 32.2. The third-order valence-corrected chi connectivity index (χ3v) is 8.53. The Bertz CT molecular complexity index is 957. The minimum absolute atomic E-state index is 0.109. The number of benzene rings is 1. The number of likely N-dealkylation sites (N-methyl/N-ethyl adjacent to an activating group) is 1. The molecular formula is C23H31N3O3S. The molecule has 0 saturated carbocycles. The second-order valence-electron chi connectivity index (χ2n) is 8.86. The molecule has 1 aromatic carbocycles. The second-order valence-corrected chi connectivity index (χ2v) is 10.8. The maximum atomic E-state index is 13.1. The van der Waals surface area contributed by atoms with Crippen LogP contribution in [-0.2, 0) is 21.3 Å². The molecular weight excluding hydrogens is 398 g/mol. The minimum atomic E-state index is -3.43. The Morgan fingerprint density at radius 3 is 2.67 bits per heavy atom. The molecule has 2 fully saturated rings. The summed E-state index contributed by atoms with van der Waals surface area (Å²) in [5, 5.41) is 0. The fraction of sp³-hybridized carbons (Fsp3) is 0.522. The van der Waals surface area contributed by atoms with E-state index in [4.69, 9.17) is 4.74 Å². The number of hydrogen-bond donors (Lipinski definition) is 0. The van der Waals surface area contributed by atoms with E-state index in [1.165, 1.54) is 5.56 Å². The number of sulfonamides is 1. The van der Waals surface area contributed by atoms with Crippen LogP contribution in [0.15, 0.2) is 53.7 Å². The number of piperidine rings is 1. The highest BCUT2D eigenvalue weighted by Crippen LogP contribution is 2.43. The molecule has 0 bridgehead atoms. The summed E-state index contributed by atoms with van der Waals surface area (Å²) < 4.78 is 34.0. The average molecular weight is 430 g/mol. The number of ether oxygens (including phenoxy) is 1. The van der Waals surface area contributed by atoms with Crippen LogP contribution in [0.2, 0.25) is 0 Å². The Hall–Kier alpha value is -1.80. The Morgan fingerprint density at radius 1 is 1.20 bits per heavy atom. The summed E-state index contributed by atoms with van der Waals surface area (Å²) in [6.45, 7) is 5.45. The lowest BCUT2D eigenvalue weighted by atomic mass is 9.77. The van der Waals surface area contributed by atoms with Gasteiger partial charge < -0.3 is 4.74 Å². The first-order valence-corrected chi connectivity index (χ1v) is 12.1. The number of aryl methyl sites for hydroxylation is 1. The normalized spacial score (nSPS) is 22.0. The van der Waals surface area contributed by atoms with E-state index in [9.17, 15) is 8.42 Å². The molecule has 0 amide bonds. The molecule has 0 radical (unpaired) electrons. The van der Waals surface area contributed by atoms with Crippen molar-refractivity contribution in [2.45, 2.75) is 43.7 Å². The smallest absolute Gasteiger partial charge is 0.243 e. The molecule has 0 N–H and O–H groups in total. The summed E-state index contributed by atoms with van der Waals surface area (Å²) >= 11 is 0. The van der Waals surface area contributed by atoms with Gasteiger partial charge in [-0.3, -0.25) is 9.88 Å². The molecule has 4 rings (SSSR count). The van der Waals surface area contributed by atoms with Crippen LogP contribution in [0.4, 0.5) is 0 Å². The van der Waals surface area contributed by atoms with Crippen molar-refractivity contribution in [3.63, 3.8) is 0 Å². The lowest BCUT2D eigenvalue weighted by Crippen LogP contribution is -2.43. The summed E-state index contributed by atoms with van der Waals surface area (Å²) in [6.07, 6.45) is 6.62. The van der Waals surface area contributed by atoms with Gasteiger partial charge in [0.05, 0.1) is 17.6 Å². The number of nitrogens with zero attached hydrogens (tertiary/aromatic N) is 3. The van der Waals surface area contributed by atoms with Crippen LogP contribution in [0.3, 0.4) is 0 Å². The molecule has 0 aliphatic carbocycles. The fourth-order valence-corrected chi connectivity index (χ4v) is 6.43. The molecule has 3 heterocycles. The molecule has 2 aliphatic rings. The monoisotopic (exact) mass is 429 g/mol. The zero-order valence-electron chi connectivity index (χ0n) is 17.8. The zero-order valence-corrected chi connectivity index (χ0v) is 18.6. The van der Waals surface area contributed by atoms with Crippen molar-refractivity contribution in [2.75, 3.05) is 33.3 Å². The SMILES string of the molecule is Cc1ccccc1S(=O)(=O)N1CCC2(CC1)COC(CN(C)Cc1cccnc1)C2. The highest BCUT2D eigenvalue weighted by Gasteiger charge is 2.44. The van der Waals surface area contributed by atoms with Gasteiger partial charge in [-0.05, 0) is 61.9 Å². The molecule has 162 valence electrons. The van der Waals surface area contributed by atoms with Gasteiger partial charge in [-0.1, -0.05) is 24.3 Å². The van der Waals surface area contributed by atoms with Crippen LogP contribution in [0.25, 0.3) is 0 Å². The van der Waals surface area contributed by atoms with E-state index in [2.05, 4.69) is 23.0 Å². The average Bonchev–Trinajstić information content (AvgIpc) is 3.11. The highest BCUT2D eigenvalue weighted by molar-refractivity contribution is 7.89. The van der Waals surface area contributed by atoms with Crippen LogP contribution in [0, 0.1) is 12.3 Å². The van der Waals surface area contributed by atoms with E-state index in [1.807, 2.05) is 31.3 Å². The Balaban J connectivity index is 1.32. The number of aromatic nitrogens is 1. The molecule has 2 aromatic rings. The van der Waals surface area contributed by atoms with E-state index in [1.54, 1.807) is 22.6 Å². The van der Waals surface area contributed by atoms with Crippen molar-refractivity contribution < 1.29 is 13.2 Å². The van der Waals surface area contributed by atoms with Gasteiger partial charge in [-0.25, -0.2) is 8.42 Å². The van der Waals surface area contributed by atoms with E-state index in [-0.39, 0.29) is 11.5 Å². The Kier molecular flexibility index (Phi) is 6.25. The first-order valence-electron chi connectivity index (χ1n) is 10.6. The Labute approximate surface area is 179 Å². The summed E-state index contributed by atoms with van der Waals surface area (Å²) in [7, 11) is -1.32. The van der Waals surface area contributed by atoms with Crippen molar-refractivity contribution in [3.8, 4) is 0 Å². The van der Waals surface area contributed by atoms with Gasteiger partial charge >= 0.3 is 0 Å². The van der Waals surface area contributed by atoms with Crippen molar-refractivity contribution in [2.24, 2.45) is 5.41 Å². The summed E-state index contributed by atoms with van der Waals surface area (Å²) in [5.74, 6) is 0. The molecule has 1 aromatic heterocycles. The molecule has 6 nitrogen and oxygen atoms in total. The molecule has 2 aliphatic heterocycles. The molecule has 2 saturated heterocycles. The third-order valence-electron chi connectivity index (χ3n) is 6.47. The maximum absolute atomic E-state index is 13.1. The number of pyridine rings is 1. The van der Waals surface area contributed by atoms with E-state index >= 15 is 0 Å².